The number of hydrogen-bond acceptors (Lipinski definition) is 2. The van der Waals surface area contributed by atoms with Gasteiger partial charge in [0, 0.05) is 6.04 Å². The Labute approximate surface area is 130 Å². The highest BCUT2D eigenvalue weighted by Gasteiger charge is 2.30. The van der Waals surface area contributed by atoms with E-state index in [9.17, 15) is 0 Å². The highest BCUT2D eigenvalue weighted by Crippen LogP contribution is 2.35. The molecule has 0 aromatic heterocycles. The Bertz CT molecular complexity index is 383. The molecular formula is C19H32N2. The van der Waals surface area contributed by atoms with Gasteiger partial charge in [0.05, 0.1) is 0 Å². The zero-order chi connectivity index (χ0) is 15.1. The van der Waals surface area contributed by atoms with Gasteiger partial charge in [-0.1, -0.05) is 44.5 Å². The van der Waals surface area contributed by atoms with Crippen LogP contribution in [0.1, 0.15) is 56.7 Å². The van der Waals surface area contributed by atoms with Gasteiger partial charge in [0.2, 0.25) is 0 Å². The van der Waals surface area contributed by atoms with Crippen LogP contribution in [0.2, 0.25) is 0 Å². The van der Waals surface area contributed by atoms with Crippen LogP contribution < -0.4 is 5.32 Å². The van der Waals surface area contributed by atoms with Gasteiger partial charge in [0.1, 0.15) is 0 Å². The summed E-state index contributed by atoms with van der Waals surface area (Å²) in [6.07, 6.45) is 6.44. The van der Waals surface area contributed by atoms with E-state index in [4.69, 9.17) is 0 Å². The topological polar surface area (TPSA) is 15.3 Å². The summed E-state index contributed by atoms with van der Waals surface area (Å²) in [5.74, 6) is 0.733. The third kappa shape index (κ3) is 4.31. The number of likely N-dealkylation sites (tertiary alicyclic amines) is 1. The van der Waals surface area contributed by atoms with Crippen LogP contribution in [0.3, 0.4) is 0 Å². The Kier molecular flexibility index (Phi) is 6.72. The summed E-state index contributed by atoms with van der Waals surface area (Å²) in [5.41, 5.74) is 2.96. The molecule has 0 aliphatic carbocycles. The molecule has 1 saturated heterocycles. The second kappa shape index (κ2) is 8.55. The van der Waals surface area contributed by atoms with Gasteiger partial charge >= 0.3 is 0 Å². The van der Waals surface area contributed by atoms with Crippen molar-refractivity contribution in [2.24, 2.45) is 5.92 Å². The van der Waals surface area contributed by atoms with Gasteiger partial charge in [-0.2, -0.15) is 0 Å². The predicted molar refractivity (Wildman–Crippen MR) is 91.7 cm³/mol. The van der Waals surface area contributed by atoms with Crippen molar-refractivity contribution in [3.8, 4) is 0 Å². The first-order valence-electron chi connectivity index (χ1n) is 8.77. The number of rotatable bonds is 6. The normalized spacial score (nSPS) is 24.0. The van der Waals surface area contributed by atoms with Gasteiger partial charge in [-0.3, -0.25) is 4.90 Å². The maximum Gasteiger partial charge on any atom is 0.0388 e. The van der Waals surface area contributed by atoms with E-state index in [-0.39, 0.29) is 0 Å². The van der Waals surface area contributed by atoms with Crippen LogP contribution in [-0.4, -0.2) is 31.6 Å². The molecule has 2 rings (SSSR count). The molecule has 1 heterocycles. The van der Waals surface area contributed by atoms with Crippen molar-refractivity contribution >= 4 is 0 Å². The second-order valence-electron chi connectivity index (χ2n) is 6.39. The van der Waals surface area contributed by atoms with Crippen LogP contribution in [0.25, 0.3) is 0 Å². The lowest BCUT2D eigenvalue weighted by atomic mass is 9.88. The molecule has 0 amide bonds. The summed E-state index contributed by atoms with van der Waals surface area (Å²) >= 11 is 0. The summed E-state index contributed by atoms with van der Waals surface area (Å²) < 4.78 is 0. The molecule has 21 heavy (non-hydrogen) atoms. The van der Waals surface area contributed by atoms with E-state index >= 15 is 0 Å². The minimum atomic E-state index is 0.589. The Morgan fingerprint density at radius 3 is 2.52 bits per heavy atom. The molecule has 2 atom stereocenters. The third-order valence-corrected chi connectivity index (χ3v) is 4.82. The first-order chi connectivity index (χ1) is 10.3. The molecule has 2 heteroatoms. The number of nitrogens with zero attached hydrogens (tertiary/aromatic N) is 1. The van der Waals surface area contributed by atoms with Gasteiger partial charge in [-0.25, -0.2) is 0 Å². The molecule has 0 spiro atoms. The van der Waals surface area contributed by atoms with Crippen LogP contribution in [0.5, 0.6) is 0 Å². The fourth-order valence-electron chi connectivity index (χ4n) is 3.76. The minimum Gasteiger partial charge on any atom is -0.319 e. The van der Waals surface area contributed by atoms with Gasteiger partial charge in [-0.15, -0.1) is 0 Å². The van der Waals surface area contributed by atoms with E-state index in [1.165, 1.54) is 49.9 Å². The smallest absolute Gasteiger partial charge is 0.0388 e. The van der Waals surface area contributed by atoms with E-state index in [0.29, 0.717) is 6.04 Å². The summed E-state index contributed by atoms with van der Waals surface area (Å²) in [5, 5.41) is 3.42. The second-order valence-corrected chi connectivity index (χ2v) is 6.39. The maximum atomic E-state index is 3.42. The fraction of sp³-hybridized carbons (Fsp3) is 0.684. The standard InChI is InChI=1S/C19H32N2/c1-4-13-21-14-7-6-8-18(15-20-3)19(21)17-11-9-16(5-2)10-12-17/h9-12,18-20H,4-8,13-15H2,1-3H3. The first-order valence-corrected chi connectivity index (χ1v) is 8.77. The summed E-state index contributed by atoms with van der Waals surface area (Å²) in [6, 6.07) is 9.98. The van der Waals surface area contributed by atoms with E-state index in [2.05, 4.69) is 55.4 Å². The number of benzene rings is 1. The molecule has 0 bridgehead atoms. The van der Waals surface area contributed by atoms with E-state index in [1.807, 2.05) is 0 Å². The third-order valence-electron chi connectivity index (χ3n) is 4.82. The molecule has 118 valence electrons. The van der Waals surface area contributed by atoms with Crippen LogP contribution in [0, 0.1) is 5.92 Å². The molecule has 1 aliphatic rings. The maximum absolute atomic E-state index is 3.42. The summed E-state index contributed by atoms with van der Waals surface area (Å²) in [6.45, 7) is 8.14. The van der Waals surface area contributed by atoms with Gasteiger partial charge in [0.25, 0.3) is 0 Å². The molecule has 1 N–H and O–H groups in total. The zero-order valence-electron chi connectivity index (χ0n) is 14.1. The molecule has 1 aromatic rings. The van der Waals surface area contributed by atoms with Gasteiger partial charge in [0.15, 0.2) is 0 Å². The van der Waals surface area contributed by atoms with E-state index < -0.39 is 0 Å². The molecular weight excluding hydrogens is 256 g/mol. The summed E-state index contributed by atoms with van der Waals surface area (Å²) in [4.78, 5) is 2.73. The van der Waals surface area contributed by atoms with E-state index in [1.54, 1.807) is 0 Å². The number of nitrogens with one attached hydrogen (secondary N) is 1. The molecule has 0 radical (unpaired) electrons. The van der Waals surface area contributed by atoms with Crippen molar-refractivity contribution < 1.29 is 0 Å². The van der Waals surface area contributed by atoms with Gasteiger partial charge in [-0.05, 0) is 69.4 Å². The quantitative estimate of drug-likeness (QED) is 0.850. The number of aryl methyl sites for hydroxylation is 1. The largest absolute Gasteiger partial charge is 0.319 e. The molecule has 1 aliphatic heterocycles. The predicted octanol–water partition coefficient (Wildman–Crippen LogP) is 4.02. The van der Waals surface area contributed by atoms with E-state index in [0.717, 1.165) is 18.9 Å². The lowest BCUT2D eigenvalue weighted by Crippen LogP contribution is -2.36. The minimum absolute atomic E-state index is 0.589. The lowest BCUT2D eigenvalue weighted by Gasteiger charge is -2.35. The monoisotopic (exact) mass is 288 g/mol. The Balaban J connectivity index is 2.27. The Hall–Kier alpha value is -0.860. The average Bonchev–Trinajstić information content (AvgIpc) is 2.71. The van der Waals surface area contributed by atoms with Crippen molar-refractivity contribution in [2.45, 2.75) is 52.0 Å². The highest BCUT2D eigenvalue weighted by atomic mass is 15.2. The highest BCUT2D eigenvalue weighted by molar-refractivity contribution is 5.26. The van der Waals surface area contributed by atoms with Crippen LogP contribution >= 0.6 is 0 Å². The Morgan fingerprint density at radius 1 is 1.14 bits per heavy atom. The van der Waals surface area contributed by atoms with Crippen molar-refractivity contribution in [2.75, 3.05) is 26.7 Å². The van der Waals surface area contributed by atoms with Crippen LogP contribution in [-0.2, 0) is 6.42 Å². The SMILES string of the molecule is CCCN1CCCCC(CNC)C1c1ccc(CC)cc1. The fourth-order valence-corrected chi connectivity index (χ4v) is 3.76. The van der Waals surface area contributed by atoms with Crippen molar-refractivity contribution in [1.82, 2.24) is 10.2 Å². The molecule has 1 aromatic carbocycles. The number of hydrogen-bond donors (Lipinski definition) is 1. The lowest BCUT2D eigenvalue weighted by molar-refractivity contribution is 0.154. The molecule has 0 saturated carbocycles. The molecule has 1 fully saturated rings. The summed E-state index contributed by atoms with van der Waals surface area (Å²) in [7, 11) is 2.09. The van der Waals surface area contributed by atoms with Crippen LogP contribution in [0.15, 0.2) is 24.3 Å². The molecule has 2 unspecified atom stereocenters. The molecule has 2 nitrogen and oxygen atoms in total. The first kappa shape index (κ1) is 16.5. The van der Waals surface area contributed by atoms with Crippen molar-refractivity contribution in [3.05, 3.63) is 35.4 Å². The van der Waals surface area contributed by atoms with Crippen molar-refractivity contribution in [1.29, 1.82) is 0 Å². The zero-order valence-corrected chi connectivity index (χ0v) is 14.1. The van der Waals surface area contributed by atoms with Gasteiger partial charge < -0.3 is 5.32 Å². The Morgan fingerprint density at radius 2 is 1.90 bits per heavy atom. The van der Waals surface area contributed by atoms with Crippen molar-refractivity contribution in [3.63, 3.8) is 0 Å². The average molecular weight is 288 g/mol. The van der Waals surface area contributed by atoms with Crippen LogP contribution in [0.4, 0.5) is 0 Å².